The Hall–Kier alpha value is -1.30. The normalized spacial score (nSPS) is 22.2. The highest BCUT2D eigenvalue weighted by molar-refractivity contribution is 6.30. The molecule has 0 saturated carbocycles. The topological polar surface area (TPSA) is 59.6 Å². The van der Waals surface area contributed by atoms with E-state index in [2.05, 4.69) is 10.6 Å². The summed E-state index contributed by atoms with van der Waals surface area (Å²) >= 11 is 5.85. The first-order valence-corrected chi connectivity index (χ1v) is 6.59. The number of benzene rings is 1. The van der Waals surface area contributed by atoms with Gasteiger partial charge in [-0.1, -0.05) is 17.7 Å². The Labute approximate surface area is 117 Å². The summed E-state index contributed by atoms with van der Waals surface area (Å²) in [5.41, 5.74) is 0.650. The molecule has 1 aliphatic rings. The van der Waals surface area contributed by atoms with E-state index in [0.29, 0.717) is 30.5 Å². The first kappa shape index (κ1) is 14.1. The standard InChI is InChI=1S/C13H17ClN2O3/c1-2-19-12-8-18-7-11(12)16-13(17)15-10-5-3-4-9(14)6-10/h3-6,11-12H,2,7-8H2,1H3,(H2,15,16,17)/t11-,12-/m0/s1. The van der Waals surface area contributed by atoms with Crippen LogP contribution in [0.1, 0.15) is 6.92 Å². The van der Waals surface area contributed by atoms with Gasteiger partial charge in [0.15, 0.2) is 0 Å². The Morgan fingerprint density at radius 2 is 2.37 bits per heavy atom. The summed E-state index contributed by atoms with van der Waals surface area (Å²) in [6, 6.07) is 6.57. The molecule has 19 heavy (non-hydrogen) atoms. The van der Waals surface area contributed by atoms with Crippen LogP contribution in [0, 0.1) is 0 Å². The largest absolute Gasteiger partial charge is 0.376 e. The van der Waals surface area contributed by atoms with Crippen molar-refractivity contribution in [2.45, 2.75) is 19.1 Å². The summed E-state index contributed by atoms with van der Waals surface area (Å²) in [5, 5.41) is 6.14. The molecule has 1 aliphatic heterocycles. The van der Waals surface area contributed by atoms with Gasteiger partial charge in [-0.2, -0.15) is 0 Å². The number of amides is 2. The Morgan fingerprint density at radius 1 is 1.53 bits per heavy atom. The molecule has 1 fully saturated rings. The molecule has 0 unspecified atom stereocenters. The fraction of sp³-hybridized carbons (Fsp3) is 0.462. The van der Waals surface area contributed by atoms with Gasteiger partial charge in [-0.05, 0) is 25.1 Å². The van der Waals surface area contributed by atoms with Gasteiger partial charge in [0.1, 0.15) is 6.10 Å². The number of rotatable bonds is 4. The molecule has 0 bridgehead atoms. The second-order valence-corrected chi connectivity index (χ2v) is 4.68. The van der Waals surface area contributed by atoms with Crippen molar-refractivity contribution in [2.24, 2.45) is 0 Å². The minimum absolute atomic E-state index is 0.0879. The van der Waals surface area contributed by atoms with Gasteiger partial charge >= 0.3 is 6.03 Å². The second-order valence-electron chi connectivity index (χ2n) is 4.25. The first-order valence-electron chi connectivity index (χ1n) is 6.21. The smallest absolute Gasteiger partial charge is 0.319 e. The molecule has 0 aliphatic carbocycles. The molecule has 0 aromatic heterocycles. The minimum atomic E-state index is -0.289. The van der Waals surface area contributed by atoms with E-state index in [9.17, 15) is 4.79 Å². The first-order chi connectivity index (χ1) is 9.19. The molecule has 2 rings (SSSR count). The molecule has 1 aromatic carbocycles. The fourth-order valence-electron chi connectivity index (χ4n) is 1.95. The number of carbonyl (C=O) groups excluding carboxylic acids is 1. The van der Waals surface area contributed by atoms with Crippen molar-refractivity contribution in [3.05, 3.63) is 29.3 Å². The van der Waals surface area contributed by atoms with Crippen LogP contribution in [-0.4, -0.2) is 38.0 Å². The van der Waals surface area contributed by atoms with E-state index < -0.39 is 0 Å². The molecule has 2 N–H and O–H groups in total. The molecule has 2 amide bonds. The highest BCUT2D eigenvalue weighted by atomic mass is 35.5. The summed E-state index contributed by atoms with van der Waals surface area (Å²) in [5.74, 6) is 0. The average molecular weight is 285 g/mol. The van der Waals surface area contributed by atoms with Gasteiger partial charge in [-0.3, -0.25) is 0 Å². The van der Waals surface area contributed by atoms with Crippen LogP contribution >= 0.6 is 11.6 Å². The average Bonchev–Trinajstić information content (AvgIpc) is 2.77. The van der Waals surface area contributed by atoms with Crippen molar-refractivity contribution in [3.63, 3.8) is 0 Å². The quantitative estimate of drug-likeness (QED) is 0.892. The van der Waals surface area contributed by atoms with Crippen LogP contribution in [0.4, 0.5) is 10.5 Å². The van der Waals surface area contributed by atoms with E-state index in [0.717, 1.165) is 0 Å². The number of ether oxygens (including phenoxy) is 2. The third kappa shape index (κ3) is 4.09. The zero-order valence-corrected chi connectivity index (χ0v) is 11.4. The number of hydrogen-bond acceptors (Lipinski definition) is 3. The number of hydrogen-bond donors (Lipinski definition) is 2. The lowest BCUT2D eigenvalue weighted by atomic mass is 10.2. The van der Waals surface area contributed by atoms with Crippen LogP contribution in [0.5, 0.6) is 0 Å². The lowest BCUT2D eigenvalue weighted by Gasteiger charge is -2.19. The second kappa shape index (κ2) is 6.75. The Morgan fingerprint density at radius 3 is 3.11 bits per heavy atom. The monoisotopic (exact) mass is 284 g/mol. The Balaban J connectivity index is 1.87. The molecule has 104 valence electrons. The molecule has 2 atom stereocenters. The number of nitrogens with one attached hydrogen (secondary N) is 2. The maximum atomic E-state index is 11.9. The predicted molar refractivity (Wildman–Crippen MR) is 73.6 cm³/mol. The van der Waals surface area contributed by atoms with Crippen molar-refractivity contribution >= 4 is 23.3 Å². The summed E-state index contributed by atoms with van der Waals surface area (Å²) < 4.78 is 10.8. The van der Waals surface area contributed by atoms with E-state index in [4.69, 9.17) is 21.1 Å². The van der Waals surface area contributed by atoms with Gasteiger partial charge in [0.05, 0.1) is 19.3 Å². The highest BCUT2D eigenvalue weighted by Crippen LogP contribution is 2.15. The maximum absolute atomic E-state index is 11.9. The van der Waals surface area contributed by atoms with Crippen LogP contribution < -0.4 is 10.6 Å². The number of urea groups is 1. The molecule has 1 saturated heterocycles. The fourth-order valence-corrected chi connectivity index (χ4v) is 2.14. The van der Waals surface area contributed by atoms with Gasteiger partial charge in [0, 0.05) is 17.3 Å². The molecule has 5 nitrogen and oxygen atoms in total. The van der Waals surface area contributed by atoms with E-state index in [-0.39, 0.29) is 18.2 Å². The van der Waals surface area contributed by atoms with Gasteiger partial charge < -0.3 is 20.1 Å². The van der Waals surface area contributed by atoms with Crippen LogP contribution in [0.25, 0.3) is 0 Å². The number of halogens is 1. The van der Waals surface area contributed by atoms with Crippen molar-refractivity contribution in [2.75, 3.05) is 25.1 Å². The summed E-state index contributed by atoms with van der Waals surface area (Å²) in [4.78, 5) is 11.9. The Bertz CT molecular complexity index is 442. The summed E-state index contributed by atoms with van der Waals surface area (Å²) in [6.07, 6.45) is -0.0879. The summed E-state index contributed by atoms with van der Waals surface area (Å²) in [7, 11) is 0. The van der Waals surface area contributed by atoms with Gasteiger partial charge in [-0.15, -0.1) is 0 Å². The third-order valence-corrected chi connectivity index (χ3v) is 3.04. The van der Waals surface area contributed by atoms with Crippen LogP contribution in [0.3, 0.4) is 0 Å². The highest BCUT2D eigenvalue weighted by Gasteiger charge is 2.29. The zero-order chi connectivity index (χ0) is 13.7. The molecular formula is C13H17ClN2O3. The van der Waals surface area contributed by atoms with Gasteiger partial charge in [-0.25, -0.2) is 4.79 Å². The number of carbonyl (C=O) groups is 1. The molecule has 1 aromatic rings. The van der Waals surface area contributed by atoms with Crippen molar-refractivity contribution in [3.8, 4) is 0 Å². The molecule has 1 heterocycles. The lowest BCUT2D eigenvalue weighted by Crippen LogP contribution is -2.45. The molecule has 0 radical (unpaired) electrons. The molecule has 6 heteroatoms. The van der Waals surface area contributed by atoms with Gasteiger partial charge in [0.25, 0.3) is 0 Å². The molecule has 0 spiro atoms. The maximum Gasteiger partial charge on any atom is 0.319 e. The van der Waals surface area contributed by atoms with Gasteiger partial charge in [0.2, 0.25) is 0 Å². The van der Waals surface area contributed by atoms with E-state index in [1.54, 1.807) is 24.3 Å². The van der Waals surface area contributed by atoms with Crippen molar-refractivity contribution in [1.82, 2.24) is 5.32 Å². The van der Waals surface area contributed by atoms with E-state index in [1.807, 2.05) is 6.92 Å². The lowest BCUT2D eigenvalue weighted by molar-refractivity contribution is 0.0428. The molecular weight excluding hydrogens is 268 g/mol. The number of anilines is 1. The van der Waals surface area contributed by atoms with Crippen LogP contribution in [0.15, 0.2) is 24.3 Å². The predicted octanol–water partition coefficient (Wildman–Crippen LogP) is 2.27. The van der Waals surface area contributed by atoms with Crippen molar-refractivity contribution in [1.29, 1.82) is 0 Å². The summed E-state index contributed by atoms with van der Waals surface area (Å²) in [6.45, 7) is 3.49. The van der Waals surface area contributed by atoms with Crippen LogP contribution in [-0.2, 0) is 9.47 Å². The SMILES string of the molecule is CCO[C@H]1COC[C@@H]1NC(=O)Nc1cccc(Cl)c1. The third-order valence-electron chi connectivity index (χ3n) is 2.81. The van der Waals surface area contributed by atoms with E-state index in [1.165, 1.54) is 0 Å². The zero-order valence-electron chi connectivity index (χ0n) is 10.7. The van der Waals surface area contributed by atoms with E-state index >= 15 is 0 Å². The van der Waals surface area contributed by atoms with Crippen LogP contribution in [0.2, 0.25) is 5.02 Å². The minimum Gasteiger partial charge on any atom is -0.376 e. The Kier molecular flexibility index (Phi) is 5.01. The van der Waals surface area contributed by atoms with Crippen molar-refractivity contribution < 1.29 is 14.3 Å².